The van der Waals surface area contributed by atoms with Crippen LogP contribution in [0.4, 0.5) is 0 Å². The summed E-state index contributed by atoms with van der Waals surface area (Å²) in [5.41, 5.74) is -0.329. The number of nitrogens with one attached hydrogen (secondary N) is 1. The monoisotopic (exact) mass is 200 g/mol. The minimum atomic E-state index is -0.329. The maximum atomic E-state index is 11.2. The first-order valence-electron chi connectivity index (χ1n) is 4.09. The fourth-order valence-corrected chi connectivity index (χ4v) is 1.45. The standard InChI is InChI=1S/C8H12N2O2S/c9-3-4-13-5-7(12)10-8(6-11)1-2-8/h11H,1-2,4-6H2,(H,10,12). The summed E-state index contributed by atoms with van der Waals surface area (Å²) in [5.74, 6) is 0.543. The lowest BCUT2D eigenvalue weighted by atomic mass is 10.3. The number of aliphatic hydroxyl groups is 1. The van der Waals surface area contributed by atoms with Gasteiger partial charge < -0.3 is 10.4 Å². The van der Waals surface area contributed by atoms with E-state index in [-0.39, 0.29) is 18.1 Å². The highest BCUT2D eigenvalue weighted by Gasteiger charge is 2.43. The summed E-state index contributed by atoms with van der Waals surface area (Å²) in [4.78, 5) is 11.2. The van der Waals surface area contributed by atoms with Gasteiger partial charge in [-0.25, -0.2) is 0 Å². The molecule has 0 heterocycles. The van der Waals surface area contributed by atoms with Crippen LogP contribution in [0.25, 0.3) is 0 Å². The van der Waals surface area contributed by atoms with E-state index >= 15 is 0 Å². The Balaban J connectivity index is 2.15. The fraction of sp³-hybridized carbons (Fsp3) is 0.750. The average molecular weight is 200 g/mol. The van der Waals surface area contributed by atoms with Gasteiger partial charge in [-0.2, -0.15) is 5.26 Å². The van der Waals surface area contributed by atoms with Crippen molar-refractivity contribution in [2.75, 3.05) is 18.1 Å². The van der Waals surface area contributed by atoms with Crippen molar-refractivity contribution in [2.24, 2.45) is 0 Å². The van der Waals surface area contributed by atoms with Gasteiger partial charge in [-0.1, -0.05) is 0 Å². The maximum absolute atomic E-state index is 11.2. The van der Waals surface area contributed by atoms with E-state index in [1.165, 1.54) is 11.8 Å². The third-order valence-corrected chi connectivity index (χ3v) is 2.76. The van der Waals surface area contributed by atoms with Gasteiger partial charge in [-0.05, 0) is 12.8 Å². The second kappa shape index (κ2) is 4.49. The van der Waals surface area contributed by atoms with Crippen LogP contribution in [0.5, 0.6) is 0 Å². The van der Waals surface area contributed by atoms with Crippen molar-refractivity contribution < 1.29 is 9.90 Å². The second-order valence-corrected chi connectivity index (χ2v) is 4.12. The summed E-state index contributed by atoms with van der Waals surface area (Å²) in [6.07, 6.45) is 1.72. The van der Waals surface area contributed by atoms with Gasteiger partial charge in [0, 0.05) is 0 Å². The zero-order valence-corrected chi connectivity index (χ0v) is 8.06. The number of nitriles is 1. The molecule has 0 aromatic heterocycles. The molecule has 1 amide bonds. The molecule has 72 valence electrons. The van der Waals surface area contributed by atoms with Gasteiger partial charge in [0.15, 0.2) is 0 Å². The number of thioether (sulfide) groups is 1. The summed E-state index contributed by atoms with van der Waals surface area (Å²) >= 11 is 1.29. The lowest BCUT2D eigenvalue weighted by molar-refractivity contribution is -0.119. The largest absolute Gasteiger partial charge is 0.394 e. The molecule has 13 heavy (non-hydrogen) atoms. The number of hydrogen-bond donors (Lipinski definition) is 2. The smallest absolute Gasteiger partial charge is 0.230 e. The van der Waals surface area contributed by atoms with Crippen LogP contribution >= 0.6 is 11.8 Å². The van der Waals surface area contributed by atoms with Gasteiger partial charge in [0.05, 0.1) is 29.7 Å². The molecule has 1 rings (SSSR count). The van der Waals surface area contributed by atoms with E-state index in [0.717, 1.165) is 12.8 Å². The molecular formula is C8H12N2O2S. The van der Waals surface area contributed by atoms with Crippen LogP contribution in [0.15, 0.2) is 0 Å². The third kappa shape index (κ3) is 3.25. The molecule has 2 N–H and O–H groups in total. The number of aliphatic hydroxyl groups excluding tert-OH is 1. The first-order valence-corrected chi connectivity index (χ1v) is 5.24. The van der Waals surface area contributed by atoms with Gasteiger partial charge in [0.1, 0.15) is 0 Å². The van der Waals surface area contributed by atoms with E-state index in [2.05, 4.69) is 5.32 Å². The number of carbonyl (C=O) groups excluding carboxylic acids is 1. The van der Waals surface area contributed by atoms with E-state index in [1.807, 2.05) is 6.07 Å². The first kappa shape index (κ1) is 10.4. The first-order chi connectivity index (χ1) is 6.22. The zero-order chi connectivity index (χ0) is 9.73. The number of carbonyl (C=O) groups is 1. The zero-order valence-electron chi connectivity index (χ0n) is 7.25. The highest BCUT2D eigenvalue weighted by molar-refractivity contribution is 8.00. The Hall–Kier alpha value is -0.730. The molecule has 5 heteroatoms. The maximum Gasteiger partial charge on any atom is 0.230 e. The SMILES string of the molecule is N#CCSCC(=O)NC1(CO)CC1. The van der Waals surface area contributed by atoms with Crippen molar-refractivity contribution >= 4 is 17.7 Å². The predicted molar refractivity (Wildman–Crippen MR) is 50.1 cm³/mol. The molecule has 1 saturated carbocycles. The molecule has 0 aliphatic heterocycles. The van der Waals surface area contributed by atoms with E-state index < -0.39 is 0 Å². The minimum Gasteiger partial charge on any atom is -0.394 e. The molecule has 0 atom stereocenters. The molecule has 1 aliphatic rings. The van der Waals surface area contributed by atoms with Crippen molar-refractivity contribution in [3.05, 3.63) is 0 Å². The van der Waals surface area contributed by atoms with Gasteiger partial charge >= 0.3 is 0 Å². The summed E-state index contributed by atoms with van der Waals surface area (Å²) in [5, 5.41) is 19.9. The van der Waals surface area contributed by atoms with E-state index in [4.69, 9.17) is 10.4 Å². The molecule has 0 unspecified atom stereocenters. The minimum absolute atomic E-state index is 0.0155. The van der Waals surface area contributed by atoms with Crippen LogP contribution in [0.1, 0.15) is 12.8 Å². The summed E-state index contributed by atoms with van der Waals surface area (Å²) in [6, 6.07) is 1.95. The van der Waals surface area contributed by atoms with Crippen molar-refractivity contribution in [3.8, 4) is 6.07 Å². The molecule has 4 nitrogen and oxygen atoms in total. The Labute approximate surface area is 81.3 Å². The van der Waals surface area contributed by atoms with Gasteiger partial charge in [-0.3, -0.25) is 4.79 Å². The fourth-order valence-electron chi connectivity index (χ4n) is 0.995. The summed E-state index contributed by atoms with van der Waals surface area (Å²) in [6.45, 7) is 0.0155. The molecule has 0 bridgehead atoms. The summed E-state index contributed by atoms with van der Waals surface area (Å²) in [7, 11) is 0. The molecule has 0 saturated heterocycles. The Kier molecular flexibility index (Phi) is 3.58. The number of nitrogens with zero attached hydrogens (tertiary/aromatic N) is 1. The van der Waals surface area contributed by atoms with Crippen LogP contribution in [0.3, 0.4) is 0 Å². The summed E-state index contributed by atoms with van der Waals surface area (Å²) < 4.78 is 0. The van der Waals surface area contributed by atoms with Crippen LogP contribution in [-0.4, -0.2) is 34.7 Å². The van der Waals surface area contributed by atoms with Crippen molar-refractivity contribution in [3.63, 3.8) is 0 Å². The normalized spacial score (nSPS) is 17.5. The number of amides is 1. The highest BCUT2D eigenvalue weighted by Crippen LogP contribution is 2.34. The second-order valence-electron chi connectivity index (χ2n) is 3.14. The quantitative estimate of drug-likeness (QED) is 0.607. The third-order valence-electron chi connectivity index (χ3n) is 1.96. The molecule has 1 aliphatic carbocycles. The molecule has 0 aromatic carbocycles. The lowest BCUT2D eigenvalue weighted by Gasteiger charge is -2.13. The molecular weight excluding hydrogens is 188 g/mol. The van der Waals surface area contributed by atoms with Crippen molar-refractivity contribution in [2.45, 2.75) is 18.4 Å². The molecule has 0 radical (unpaired) electrons. The van der Waals surface area contributed by atoms with Crippen LogP contribution in [0, 0.1) is 11.3 Å². The van der Waals surface area contributed by atoms with Gasteiger partial charge in [0.25, 0.3) is 0 Å². The number of hydrogen-bond acceptors (Lipinski definition) is 4. The van der Waals surface area contributed by atoms with E-state index in [1.54, 1.807) is 0 Å². The van der Waals surface area contributed by atoms with Gasteiger partial charge in [-0.15, -0.1) is 11.8 Å². The highest BCUT2D eigenvalue weighted by atomic mass is 32.2. The molecule has 1 fully saturated rings. The van der Waals surface area contributed by atoms with Crippen molar-refractivity contribution in [1.82, 2.24) is 5.32 Å². The average Bonchev–Trinajstić information content (AvgIpc) is 2.86. The topological polar surface area (TPSA) is 73.1 Å². The van der Waals surface area contributed by atoms with Crippen LogP contribution in [-0.2, 0) is 4.79 Å². The predicted octanol–water partition coefficient (Wildman–Crippen LogP) is -0.116. The van der Waals surface area contributed by atoms with Crippen molar-refractivity contribution in [1.29, 1.82) is 5.26 Å². The molecule has 0 aromatic rings. The van der Waals surface area contributed by atoms with E-state index in [9.17, 15) is 4.79 Å². The Bertz CT molecular complexity index is 233. The van der Waals surface area contributed by atoms with Gasteiger partial charge in [0.2, 0.25) is 5.91 Å². The lowest BCUT2D eigenvalue weighted by Crippen LogP contribution is -2.40. The Morgan fingerprint density at radius 2 is 2.38 bits per heavy atom. The molecule has 0 spiro atoms. The van der Waals surface area contributed by atoms with E-state index in [0.29, 0.717) is 11.5 Å². The van der Waals surface area contributed by atoms with Crippen LogP contribution < -0.4 is 5.32 Å². The Morgan fingerprint density at radius 1 is 1.69 bits per heavy atom. The van der Waals surface area contributed by atoms with Crippen LogP contribution in [0.2, 0.25) is 0 Å². The number of rotatable bonds is 5. The Morgan fingerprint density at radius 3 is 2.85 bits per heavy atom.